The van der Waals surface area contributed by atoms with Crippen LogP contribution in [0.3, 0.4) is 0 Å². The average molecular weight is 125 g/mol. The van der Waals surface area contributed by atoms with Gasteiger partial charge < -0.3 is 5.32 Å². The maximum Gasteiger partial charge on any atom is 0.00991 e. The largest absolute Gasteiger partial charge is 0.311 e. The average Bonchev–Trinajstić information content (AvgIpc) is 2.37. The Morgan fingerprint density at radius 2 is 1.44 bits per heavy atom. The molecule has 0 amide bonds. The predicted molar refractivity (Wildman–Crippen MR) is 38.3 cm³/mol. The van der Waals surface area contributed by atoms with Gasteiger partial charge in [-0.25, -0.2) is 0 Å². The van der Waals surface area contributed by atoms with Crippen LogP contribution in [-0.2, 0) is 0 Å². The SMILES string of the molecule is CC1C2CCC(N2)C1C. The molecular weight excluding hydrogens is 110 g/mol. The van der Waals surface area contributed by atoms with Crippen molar-refractivity contribution in [2.24, 2.45) is 11.8 Å². The molecule has 1 heteroatoms. The van der Waals surface area contributed by atoms with Gasteiger partial charge in [0.25, 0.3) is 0 Å². The Morgan fingerprint density at radius 1 is 1.00 bits per heavy atom. The standard InChI is InChI=1S/C8H15N/c1-5-6(2)8-4-3-7(5)9-8/h5-9H,3-4H2,1-2H3. The molecule has 52 valence electrons. The highest BCUT2D eigenvalue weighted by atomic mass is 15.0. The zero-order valence-corrected chi connectivity index (χ0v) is 6.22. The summed E-state index contributed by atoms with van der Waals surface area (Å²) in [6.07, 6.45) is 2.85. The van der Waals surface area contributed by atoms with E-state index in [1.54, 1.807) is 0 Å². The third kappa shape index (κ3) is 0.644. The van der Waals surface area contributed by atoms with Crippen LogP contribution >= 0.6 is 0 Å². The van der Waals surface area contributed by atoms with Crippen LogP contribution < -0.4 is 5.32 Å². The van der Waals surface area contributed by atoms with Crippen molar-refractivity contribution in [1.29, 1.82) is 0 Å². The lowest BCUT2D eigenvalue weighted by Gasteiger charge is -2.21. The molecule has 4 unspecified atom stereocenters. The number of hydrogen-bond acceptors (Lipinski definition) is 1. The van der Waals surface area contributed by atoms with E-state index in [0.29, 0.717) is 0 Å². The van der Waals surface area contributed by atoms with Crippen LogP contribution in [0, 0.1) is 11.8 Å². The summed E-state index contributed by atoms with van der Waals surface area (Å²) >= 11 is 0. The van der Waals surface area contributed by atoms with Crippen LogP contribution in [0.25, 0.3) is 0 Å². The van der Waals surface area contributed by atoms with Crippen molar-refractivity contribution < 1.29 is 0 Å². The first-order valence-electron chi connectivity index (χ1n) is 4.05. The van der Waals surface area contributed by atoms with Crippen LogP contribution in [0.2, 0.25) is 0 Å². The molecule has 9 heavy (non-hydrogen) atoms. The van der Waals surface area contributed by atoms with Crippen molar-refractivity contribution in [2.75, 3.05) is 0 Å². The summed E-state index contributed by atoms with van der Waals surface area (Å²) in [6.45, 7) is 4.75. The molecule has 2 aliphatic rings. The van der Waals surface area contributed by atoms with Crippen LogP contribution in [0.4, 0.5) is 0 Å². The fourth-order valence-electron chi connectivity index (χ4n) is 2.36. The maximum atomic E-state index is 3.63. The molecule has 1 N–H and O–H groups in total. The first-order valence-corrected chi connectivity index (χ1v) is 4.05. The van der Waals surface area contributed by atoms with Crippen molar-refractivity contribution in [3.05, 3.63) is 0 Å². The van der Waals surface area contributed by atoms with E-state index >= 15 is 0 Å². The predicted octanol–water partition coefficient (Wildman–Crippen LogP) is 1.39. The highest BCUT2D eigenvalue weighted by Crippen LogP contribution is 2.37. The fourth-order valence-corrected chi connectivity index (χ4v) is 2.36. The molecule has 4 atom stereocenters. The molecule has 0 aromatic rings. The van der Waals surface area contributed by atoms with E-state index in [2.05, 4.69) is 19.2 Å². The van der Waals surface area contributed by atoms with Crippen LogP contribution in [0.1, 0.15) is 26.7 Å². The van der Waals surface area contributed by atoms with Gasteiger partial charge in [0.15, 0.2) is 0 Å². The van der Waals surface area contributed by atoms with Gasteiger partial charge in [-0.15, -0.1) is 0 Å². The molecule has 0 aromatic carbocycles. The molecule has 2 aliphatic heterocycles. The van der Waals surface area contributed by atoms with Crippen molar-refractivity contribution in [2.45, 2.75) is 38.8 Å². The van der Waals surface area contributed by atoms with Crippen LogP contribution in [0.5, 0.6) is 0 Å². The van der Waals surface area contributed by atoms with E-state index in [4.69, 9.17) is 0 Å². The van der Waals surface area contributed by atoms with Crippen LogP contribution in [0.15, 0.2) is 0 Å². The summed E-state index contributed by atoms with van der Waals surface area (Å²) < 4.78 is 0. The summed E-state index contributed by atoms with van der Waals surface area (Å²) in [5, 5.41) is 3.63. The van der Waals surface area contributed by atoms with E-state index in [-0.39, 0.29) is 0 Å². The summed E-state index contributed by atoms with van der Waals surface area (Å²) in [5.74, 6) is 1.87. The molecule has 0 saturated carbocycles. The zero-order chi connectivity index (χ0) is 6.43. The smallest absolute Gasteiger partial charge is 0.00991 e. The second kappa shape index (κ2) is 1.72. The number of rotatable bonds is 0. The van der Waals surface area contributed by atoms with Gasteiger partial charge in [-0.05, 0) is 24.7 Å². The number of fused-ring (bicyclic) bond motifs is 2. The second-order valence-electron chi connectivity index (χ2n) is 3.68. The van der Waals surface area contributed by atoms with E-state index in [9.17, 15) is 0 Å². The Morgan fingerprint density at radius 3 is 1.67 bits per heavy atom. The quantitative estimate of drug-likeness (QED) is 0.516. The van der Waals surface area contributed by atoms with Crippen molar-refractivity contribution >= 4 is 0 Å². The topological polar surface area (TPSA) is 12.0 Å². The minimum atomic E-state index is 0.866. The summed E-state index contributed by atoms with van der Waals surface area (Å²) in [5.41, 5.74) is 0. The first-order chi connectivity index (χ1) is 4.29. The van der Waals surface area contributed by atoms with E-state index in [1.165, 1.54) is 12.8 Å². The molecule has 0 aromatic heterocycles. The number of hydrogen-bond donors (Lipinski definition) is 1. The second-order valence-corrected chi connectivity index (χ2v) is 3.68. The van der Waals surface area contributed by atoms with Crippen molar-refractivity contribution in [3.63, 3.8) is 0 Å². The van der Waals surface area contributed by atoms with Crippen molar-refractivity contribution in [3.8, 4) is 0 Å². The molecule has 2 rings (SSSR count). The third-order valence-electron chi connectivity index (χ3n) is 3.32. The molecule has 0 spiro atoms. The van der Waals surface area contributed by atoms with Crippen LogP contribution in [-0.4, -0.2) is 12.1 Å². The number of nitrogens with one attached hydrogen (secondary N) is 1. The van der Waals surface area contributed by atoms with E-state index in [1.807, 2.05) is 0 Å². The minimum Gasteiger partial charge on any atom is -0.311 e. The molecule has 2 heterocycles. The lowest BCUT2D eigenvalue weighted by Crippen LogP contribution is -2.21. The van der Waals surface area contributed by atoms with Crippen molar-refractivity contribution in [1.82, 2.24) is 5.32 Å². The van der Waals surface area contributed by atoms with Gasteiger partial charge in [0, 0.05) is 12.1 Å². The van der Waals surface area contributed by atoms with Gasteiger partial charge in [-0.1, -0.05) is 13.8 Å². The van der Waals surface area contributed by atoms with E-state index < -0.39 is 0 Å². The lowest BCUT2D eigenvalue weighted by molar-refractivity contribution is 0.330. The van der Waals surface area contributed by atoms with E-state index in [0.717, 1.165) is 23.9 Å². The Bertz CT molecular complexity index is 104. The first kappa shape index (κ1) is 5.72. The molecule has 1 nitrogen and oxygen atoms in total. The normalized spacial score (nSPS) is 56.7. The van der Waals surface area contributed by atoms with Gasteiger partial charge in [0.2, 0.25) is 0 Å². The molecule has 2 fully saturated rings. The van der Waals surface area contributed by atoms with Gasteiger partial charge in [-0.2, -0.15) is 0 Å². The Labute approximate surface area is 56.8 Å². The Balaban J connectivity index is 2.15. The third-order valence-corrected chi connectivity index (χ3v) is 3.32. The zero-order valence-electron chi connectivity index (χ0n) is 6.22. The lowest BCUT2D eigenvalue weighted by atomic mass is 9.82. The highest BCUT2D eigenvalue weighted by molar-refractivity contribution is 4.99. The Kier molecular flexibility index (Phi) is 1.10. The minimum absolute atomic E-state index is 0.866. The highest BCUT2D eigenvalue weighted by Gasteiger charge is 2.41. The molecular formula is C8H15N. The molecule has 0 aliphatic carbocycles. The summed E-state index contributed by atoms with van der Waals surface area (Å²) in [6, 6.07) is 1.73. The summed E-state index contributed by atoms with van der Waals surface area (Å²) in [4.78, 5) is 0. The van der Waals surface area contributed by atoms with Gasteiger partial charge in [-0.3, -0.25) is 0 Å². The van der Waals surface area contributed by atoms with Gasteiger partial charge >= 0.3 is 0 Å². The molecule has 2 saturated heterocycles. The fraction of sp³-hybridized carbons (Fsp3) is 1.00. The molecule has 2 bridgehead atoms. The van der Waals surface area contributed by atoms with Gasteiger partial charge in [0.1, 0.15) is 0 Å². The summed E-state index contributed by atoms with van der Waals surface area (Å²) in [7, 11) is 0. The molecule has 0 radical (unpaired) electrons. The van der Waals surface area contributed by atoms with Gasteiger partial charge in [0.05, 0.1) is 0 Å². The maximum absolute atomic E-state index is 3.63. The monoisotopic (exact) mass is 125 g/mol. The Hall–Kier alpha value is -0.0400.